The summed E-state index contributed by atoms with van der Waals surface area (Å²) in [5.74, 6) is -0.117. The second-order valence-electron chi connectivity index (χ2n) is 8.54. The van der Waals surface area contributed by atoms with Crippen molar-refractivity contribution < 1.29 is 19.2 Å². The monoisotopic (exact) mass is 544 g/mol. The number of ether oxygens (including phenoxy) is 1. The number of nitro benzene ring substituents is 1. The molecule has 0 saturated carbocycles. The lowest BCUT2D eigenvalue weighted by molar-refractivity contribution is -0.384. The minimum absolute atomic E-state index is 0.0598. The van der Waals surface area contributed by atoms with Gasteiger partial charge in [0.1, 0.15) is 10.8 Å². The highest BCUT2D eigenvalue weighted by molar-refractivity contribution is 7.25. The maximum atomic E-state index is 12.9. The molecule has 1 N–H and O–H groups in total. The average Bonchev–Trinajstić information content (AvgIpc) is 3.29. The molecule has 0 aliphatic rings. The topological polar surface area (TPSA) is 98.5 Å². The molecule has 4 aromatic carbocycles. The van der Waals surface area contributed by atoms with Gasteiger partial charge in [-0.1, -0.05) is 48.0 Å². The Labute approximate surface area is 226 Å². The fourth-order valence-electron chi connectivity index (χ4n) is 4.22. The number of hydrogen-bond donors (Lipinski definition) is 1. The molecule has 0 spiro atoms. The summed E-state index contributed by atoms with van der Waals surface area (Å²) in [5, 5.41) is 16.1. The van der Waals surface area contributed by atoms with Crippen molar-refractivity contribution in [3.63, 3.8) is 0 Å². The zero-order chi connectivity index (χ0) is 26.6. The van der Waals surface area contributed by atoms with E-state index < -0.39 is 16.6 Å². The van der Waals surface area contributed by atoms with Crippen LogP contribution in [0.5, 0.6) is 5.75 Å². The first-order valence-electron chi connectivity index (χ1n) is 11.8. The maximum absolute atomic E-state index is 12.9. The van der Waals surface area contributed by atoms with Crippen molar-refractivity contribution >= 4 is 60.5 Å². The minimum atomic E-state index is -0.656. The van der Waals surface area contributed by atoms with E-state index in [4.69, 9.17) is 16.3 Å². The van der Waals surface area contributed by atoms with Crippen molar-refractivity contribution in [2.24, 2.45) is 0 Å². The number of benzene rings is 4. The lowest BCUT2D eigenvalue weighted by Crippen LogP contribution is -2.30. The molecule has 0 bridgehead atoms. The van der Waals surface area contributed by atoms with Gasteiger partial charge in [0.05, 0.1) is 18.1 Å². The van der Waals surface area contributed by atoms with Gasteiger partial charge in [-0.2, -0.15) is 0 Å². The number of halogens is 1. The van der Waals surface area contributed by atoms with E-state index >= 15 is 0 Å². The van der Waals surface area contributed by atoms with Crippen LogP contribution in [0.15, 0.2) is 84.9 Å². The summed E-state index contributed by atoms with van der Waals surface area (Å²) in [7, 11) is 0. The van der Waals surface area contributed by atoms with Crippen molar-refractivity contribution in [2.45, 2.75) is 6.42 Å². The van der Waals surface area contributed by atoms with E-state index in [0.29, 0.717) is 18.6 Å². The Morgan fingerprint density at radius 2 is 1.68 bits per heavy atom. The number of Topliss-reactive ketones (excluding diaryl/α,β-unsaturated/α-hetero) is 1. The first-order valence-corrected chi connectivity index (χ1v) is 13.0. The number of ketones is 1. The molecule has 1 amide bonds. The molecule has 5 rings (SSSR count). The molecule has 190 valence electrons. The van der Waals surface area contributed by atoms with E-state index in [1.807, 2.05) is 36.4 Å². The normalized spacial score (nSPS) is 11.0. The van der Waals surface area contributed by atoms with E-state index in [1.165, 1.54) is 27.6 Å². The molecule has 0 atom stereocenters. The van der Waals surface area contributed by atoms with Crippen molar-refractivity contribution in [1.29, 1.82) is 0 Å². The molecule has 9 heteroatoms. The summed E-state index contributed by atoms with van der Waals surface area (Å²) in [5.41, 5.74) is 0.952. The Morgan fingerprint density at radius 1 is 0.921 bits per heavy atom. The van der Waals surface area contributed by atoms with Gasteiger partial charge in [0.2, 0.25) is 0 Å². The molecule has 0 saturated heterocycles. The van der Waals surface area contributed by atoms with Crippen LogP contribution in [0.3, 0.4) is 0 Å². The average molecular weight is 545 g/mol. The quantitative estimate of drug-likeness (QED) is 0.124. The minimum Gasteiger partial charge on any atom is -0.493 e. The van der Waals surface area contributed by atoms with Gasteiger partial charge in [-0.25, -0.2) is 0 Å². The number of thiophene rings is 1. The third kappa shape index (κ3) is 5.37. The predicted molar refractivity (Wildman–Crippen MR) is 150 cm³/mol. The number of amides is 1. The number of fused-ring (bicyclic) bond motifs is 3. The molecule has 0 fully saturated rings. The lowest BCUT2D eigenvalue weighted by Gasteiger charge is -2.11. The van der Waals surface area contributed by atoms with Gasteiger partial charge in [0, 0.05) is 43.8 Å². The molecular weight excluding hydrogens is 524 g/mol. The zero-order valence-electron chi connectivity index (χ0n) is 20.0. The molecule has 1 aromatic heterocycles. The van der Waals surface area contributed by atoms with Gasteiger partial charge in [-0.15, -0.1) is 11.3 Å². The zero-order valence-corrected chi connectivity index (χ0v) is 21.6. The number of nitro groups is 1. The van der Waals surface area contributed by atoms with E-state index in [1.54, 1.807) is 23.5 Å². The number of rotatable bonds is 9. The second-order valence-corrected chi connectivity index (χ2v) is 10.0. The maximum Gasteiger partial charge on any atom is 0.288 e. The van der Waals surface area contributed by atoms with Gasteiger partial charge in [0.15, 0.2) is 5.78 Å². The Hall–Kier alpha value is -4.27. The first kappa shape index (κ1) is 25.4. The molecule has 0 aliphatic heterocycles. The molecule has 0 unspecified atom stereocenters. The van der Waals surface area contributed by atoms with E-state index in [2.05, 4.69) is 23.5 Å². The van der Waals surface area contributed by atoms with Crippen LogP contribution in [0.4, 0.5) is 5.69 Å². The SMILES string of the molecule is O=C(CNC(=O)c1ccccc1CCOc1ccc2c(c1)sc1ccccc12)c1ccc(Cl)c([N+](=O)[O-])c1. The molecule has 0 radical (unpaired) electrons. The van der Waals surface area contributed by atoms with E-state index in [-0.39, 0.29) is 22.8 Å². The highest BCUT2D eigenvalue weighted by Crippen LogP contribution is 2.35. The van der Waals surface area contributed by atoms with Gasteiger partial charge in [-0.3, -0.25) is 19.7 Å². The predicted octanol–water partition coefficient (Wildman–Crippen LogP) is 6.85. The van der Waals surface area contributed by atoms with Crippen LogP contribution in [-0.4, -0.2) is 29.8 Å². The van der Waals surface area contributed by atoms with Crippen molar-refractivity contribution in [3.05, 3.63) is 117 Å². The van der Waals surface area contributed by atoms with Gasteiger partial charge in [-0.05, 0) is 48.0 Å². The Kier molecular flexibility index (Phi) is 7.35. The molecular formula is C29H21ClN2O5S. The largest absolute Gasteiger partial charge is 0.493 e. The summed E-state index contributed by atoms with van der Waals surface area (Å²) in [6, 6.07) is 25.3. The van der Waals surface area contributed by atoms with Gasteiger partial charge >= 0.3 is 0 Å². The van der Waals surface area contributed by atoms with Crippen molar-refractivity contribution in [3.8, 4) is 5.75 Å². The third-order valence-corrected chi connectivity index (χ3v) is 7.58. The van der Waals surface area contributed by atoms with Gasteiger partial charge < -0.3 is 10.1 Å². The summed E-state index contributed by atoms with van der Waals surface area (Å²) >= 11 is 7.53. The number of nitrogens with zero attached hydrogens (tertiary/aromatic N) is 1. The van der Waals surface area contributed by atoms with Crippen molar-refractivity contribution in [2.75, 3.05) is 13.2 Å². The number of carbonyl (C=O) groups is 2. The van der Waals surface area contributed by atoms with Crippen LogP contribution >= 0.6 is 22.9 Å². The first-order chi connectivity index (χ1) is 18.4. The summed E-state index contributed by atoms with van der Waals surface area (Å²) in [6.45, 7) is 0.0612. The van der Waals surface area contributed by atoms with E-state index in [9.17, 15) is 19.7 Å². The van der Waals surface area contributed by atoms with Crippen LogP contribution in [-0.2, 0) is 6.42 Å². The van der Waals surface area contributed by atoms with Crippen molar-refractivity contribution in [1.82, 2.24) is 5.32 Å². The standard InChI is InChI=1S/C29H21ClN2O5S/c30-24-12-9-19(15-25(24)32(35)36)26(33)17-31-29(34)21-6-2-1-5-18(21)13-14-37-20-10-11-23-22-7-3-4-8-27(22)38-28(23)16-20/h1-12,15-16H,13-14,17H2,(H,31,34). The van der Waals surface area contributed by atoms with E-state index in [0.717, 1.165) is 22.1 Å². The number of carbonyl (C=O) groups excluding carboxylic acids is 2. The lowest BCUT2D eigenvalue weighted by atomic mass is 10.0. The summed E-state index contributed by atoms with van der Waals surface area (Å²) < 4.78 is 8.38. The Morgan fingerprint density at radius 3 is 2.53 bits per heavy atom. The van der Waals surface area contributed by atoms with Crippen LogP contribution in [0.2, 0.25) is 5.02 Å². The Bertz CT molecular complexity index is 1700. The van der Waals surface area contributed by atoms with Crippen LogP contribution in [0.1, 0.15) is 26.3 Å². The molecule has 5 aromatic rings. The highest BCUT2D eigenvalue weighted by Gasteiger charge is 2.18. The fraction of sp³-hybridized carbons (Fsp3) is 0.103. The Balaban J connectivity index is 1.21. The molecule has 0 aliphatic carbocycles. The number of nitrogens with one attached hydrogen (secondary N) is 1. The molecule has 1 heterocycles. The molecule has 38 heavy (non-hydrogen) atoms. The highest BCUT2D eigenvalue weighted by atomic mass is 35.5. The van der Waals surface area contributed by atoms with Crippen LogP contribution in [0, 0.1) is 10.1 Å². The number of hydrogen-bond acceptors (Lipinski definition) is 6. The summed E-state index contributed by atoms with van der Waals surface area (Å²) in [6.07, 6.45) is 0.491. The second kappa shape index (κ2) is 11.0. The summed E-state index contributed by atoms with van der Waals surface area (Å²) in [4.78, 5) is 35.8. The smallest absolute Gasteiger partial charge is 0.288 e. The molecule has 7 nitrogen and oxygen atoms in total. The fourth-order valence-corrected chi connectivity index (χ4v) is 5.54. The van der Waals surface area contributed by atoms with Crippen LogP contribution in [0.25, 0.3) is 20.2 Å². The van der Waals surface area contributed by atoms with Crippen LogP contribution < -0.4 is 10.1 Å². The van der Waals surface area contributed by atoms with Gasteiger partial charge in [0.25, 0.3) is 11.6 Å². The third-order valence-electron chi connectivity index (χ3n) is 6.13.